The van der Waals surface area contributed by atoms with E-state index in [1.54, 1.807) is 0 Å². The maximum absolute atomic E-state index is 12.4. The quantitative estimate of drug-likeness (QED) is 0.757. The first-order valence-corrected chi connectivity index (χ1v) is 7.77. The Morgan fingerprint density at radius 1 is 1.45 bits per heavy atom. The van der Waals surface area contributed by atoms with Gasteiger partial charge in [-0.25, -0.2) is 8.42 Å². The van der Waals surface area contributed by atoms with Gasteiger partial charge >= 0.3 is 0 Å². The van der Waals surface area contributed by atoms with E-state index in [-0.39, 0.29) is 33.8 Å². The molecule has 0 aliphatic rings. The molecular weight excluding hydrogens is 327 g/mol. The van der Waals surface area contributed by atoms with Gasteiger partial charge in [-0.2, -0.15) is 4.31 Å². The van der Waals surface area contributed by atoms with E-state index in [0.717, 1.165) is 4.31 Å². The Bertz CT molecular complexity index is 557. The van der Waals surface area contributed by atoms with Crippen LogP contribution in [0.25, 0.3) is 0 Å². The van der Waals surface area contributed by atoms with E-state index in [9.17, 15) is 13.5 Å². The molecular formula is C11H16Cl2N2O4S. The van der Waals surface area contributed by atoms with Crippen LogP contribution in [0.2, 0.25) is 10.0 Å². The number of likely N-dealkylation sites (N-methyl/N-ethyl adjacent to an activating group) is 1. The lowest BCUT2D eigenvalue weighted by Gasteiger charge is -2.21. The van der Waals surface area contributed by atoms with Crippen LogP contribution in [-0.4, -0.2) is 51.2 Å². The first-order valence-electron chi connectivity index (χ1n) is 5.58. The van der Waals surface area contributed by atoms with Crippen LogP contribution >= 0.6 is 23.2 Å². The Balaban J connectivity index is 3.11. The number of aliphatic hydroxyl groups excluding tert-OH is 1. The highest BCUT2D eigenvalue weighted by atomic mass is 35.5. The minimum Gasteiger partial charge on any atom is -0.398 e. The topological polar surface area (TPSA) is 92.9 Å². The second-order valence-corrected chi connectivity index (χ2v) is 7.03. The molecule has 1 aromatic rings. The van der Waals surface area contributed by atoms with Gasteiger partial charge in [-0.3, -0.25) is 0 Å². The molecule has 6 nitrogen and oxygen atoms in total. The fraction of sp³-hybridized carbons (Fsp3) is 0.455. The molecule has 1 atom stereocenters. The summed E-state index contributed by atoms with van der Waals surface area (Å²) in [6.07, 6.45) is -0.952. The van der Waals surface area contributed by atoms with Crippen molar-refractivity contribution in [3.63, 3.8) is 0 Å². The average molecular weight is 343 g/mol. The van der Waals surface area contributed by atoms with Gasteiger partial charge < -0.3 is 15.6 Å². The predicted molar refractivity (Wildman–Crippen MR) is 78.6 cm³/mol. The average Bonchev–Trinajstić information content (AvgIpc) is 2.26. The normalized spacial score (nSPS) is 13.7. The third kappa shape index (κ3) is 3.97. The number of anilines is 1. The van der Waals surface area contributed by atoms with Crippen LogP contribution in [0.4, 0.5) is 5.69 Å². The molecule has 1 unspecified atom stereocenters. The maximum Gasteiger partial charge on any atom is 0.246 e. The van der Waals surface area contributed by atoms with Crippen molar-refractivity contribution < 1.29 is 18.3 Å². The van der Waals surface area contributed by atoms with Gasteiger partial charge in [-0.1, -0.05) is 23.2 Å². The molecule has 3 N–H and O–H groups in total. The first-order chi connectivity index (χ1) is 9.20. The lowest BCUT2D eigenvalue weighted by Crippen LogP contribution is -2.36. The molecule has 0 spiro atoms. The van der Waals surface area contributed by atoms with Crippen LogP contribution < -0.4 is 5.73 Å². The summed E-state index contributed by atoms with van der Waals surface area (Å²) in [5.74, 6) is 0. The van der Waals surface area contributed by atoms with Gasteiger partial charge in [-0.05, 0) is 12.1 Å². The van der Waals surface area contributed by atoms with Gasteiger partial charge in [0.2, 0.25) is 10.0 Å². The van der Waals surface area contributed by atoms with Crippen LogP contribution in [0.1, 0.15) is 0 Å². The third-order valence-electron chi connectivity index (χ3n) is 2.53. The molecule has 114 valence electrons. The summed E-state index contributed by atoms with van der Waals surface area (Å²) in [5, 5.41) is 9.77. The fourth-order valence-electron chi connectivity index (χ4n) is 1.65. The molecule has 0 amide bonds. The molecule has 0 aromatic heterocycles. The molecule has 9 heteroatoms. The highest BCUT2D eigenvalue weighted by Gasteiger charge is 2.28. The van der Waals surface area contributed by atoms with Crippen molar-refractivity contribution in [2.45, 2.75) is 11.0 Å². The molecule has 0 heterocycles. The smallest absolute Gasteiger partial charge is 0.246 e. The fourth-order valence-corrected chi connectivity index (χ4v) is 3.79. The van der Waals surface area contributed by atoms with Crippen molar-refractivity contribution in [2.24, 2.45) is 0 Å². The number of nitrogens with zero attached hydrogens (tertiary/aromatic N) is 1. The molecule has 0 radical (unpaired) electrons. The van der Waals surface area contributed by atoms with Gasteiger partial charge in [-0.15, -0.1) is 0 Å². The number of hydrogen-bond acceptors (Lipinski definition) is 5. The number of hydrogen-bond donors (Lipinski definition) is 2. The number of nitrogens with two attached hydrogens (primary N) is 1. The Hall–Kier alpha value is -0.570. The van der Waals surface area contributed by atoms with Crippen molar-refractivity contribution >= 4 is 38.9 Å². The Morgan fingerprint density at radius 2 is 2.05 bits per heavy atom. The van der Waals surface area contributed by atoms with E-state index >= 15 is 0 Å². The molecule has 0 aliphatic heterocycles. The van der Waals surface area contributed by atoms with E-state index in [1.165, 1.54) is 26.3 Å². The summed E-state index contributed by atoms with van der Waals surface area (Å²) in [6.45, 7) is -0.127. The second-order valence-electron chi connectivity index (χ2n) is 4.20. The van der Waals surface area contributed by atoms with Crippen molar-refractivity contribution in [1.82, 2.24) is 4.31 Å². The summed E-state index contributed by atoms with van der Waals surface area (Å²) in [7, 11) is -1.20. The van der Waals surface area contributed by atoms with Gasteiger partial charge in [0.1, 0.15) is 4.90 Å². The van der Waals surface area contributed by atoms with Crippen molar-refractivity contribution in [2.75, 3.05) is 33.0 Å². The van der Waals surface area contributed by atoms with Crippen LogP contribution in [0.3, 0.4) is 0 Å². The van der Waals surface area contributed by atoms with E-state index in [2.05, 4.69) is 0 Å². The number of ether oxygens (including phenoxy) is 1. The molecule has 0 saturated heterocycles. The zero-order chi connectivity index (χ0) is 15.5. The highest BCUT2D eigenvalue weighted by Crippen LogP contribution is 2.32. The van der Waals surface area contributed by atoms with E-state index in [1.807, 2.05) is 0 Å². The van der Waals surface area contributed by atoms with E-state index in [0.29, 0.717) is 0 Å². The number of sulfonamides is 1. The minimum absolute atomic E-state index is 0.0176. The lowest BCUT2D eigenvalue weighted by molar-refractivity contribution is 0.0554. The van der Waals surface area contributed by atoms with Crippen LogP contribution in [0.15, 0.2) is 17.0 Å². The first kappa shape index (κ1) is 17.5. The Morgan fingerprint density at radius 3 is 2.55 bits per heavy atom. The summed E-state index contributed by atoms with van der Waals surface area (Å²) >= 11 is 11.7. The molecule has 0 saturated carbocycles. The number of methoxy groups -OCH3 is 1. The maximum atomic E-state index is 12.4. The second kappa shape index (κ2) is 6.93. The largest absolute Gasteiger partial charge is 0.398 e. The van der Waals surface area contributed by atoms with Crippen LogP contribution in [-0.2, 0) is 14.8 Å². The van der Waals surface area contributed by atoms with Gasteiger partial charge in [0, 0.05) is 25.7 Å². The Labute approximate surface area is 128 Å². The molecule has 0 bridgehead atoms. The summed E-state index contributed by atoms with van der Waals surface area (Å²) in [6, 6.07) is 2.60. The van der Waals surface area contributed by atoms with Crippen molar-refractivity contribution in [1.29, 1.82) is 0 Å². The van der Waals surface area contributed by atoms with E-state index < -0.39 is 16.1 Å². The minimum atomic E-state index is -3.93. The standard InChI is InChI=1S/C11H16Cl2N2O4S/c1-15(5-8(16)6-19-2)20(17,18)11-9(13)3-7(12)4-10(11)14/h3-4,8,16H,5-6,14H2,1-2H3. The van der Waals surface area contributed by atoms with Crippen molar-refractivity contribution in [3.05, 3.63) is 22.2 Å². The summed E-state index contributed by atoms with van der Waals surface area (Å²) in [4.78, 5) is -0.226. The number of halogens is 2. The van der Waals surface area contributed by atoms with Gasteiger partial charge in [0.25, 0.3) is 0 Å². The SMILES string of the molecule is COCC(O)CN(C)S(=O)(=O)c1c(N)cc(Cl)cc1Cl. The monoisotopic (exact) mass is 342 g/mol. The van der Waals surface area contributed by atoms with E-state index in [4.69, 9.17) is 33.7 Å². The molecule has 20 heavy (non-hydrogen) atoms. The van der Waals surface area contributed by atoms with Gasteiger partial charge in [0.05, 0.1) is 23.4 Å². The molecule has 1 aromatic carbocycles. The number of benzene rings is 1. The molecule has 0 aliphatic carbocycles. The zero-order valence-electron chi connectivity index (χ0n) is 11.0. The van der Waals surface area contributed by atoms with Crippen LogP contribution in [0, 0.1) is 0 Å². The summed E-state index contributed by atoms with van der Waals surface area (Å²) < 4.78 is 30.5. The number of nitrogen functional groups attached to an aromatic ring is 1. The molecule has 0 fully saturated rings. The molecule has 1 rings (SSSR count). The lowest BCUT2D eigenvalue weighted by atomic mass is 10.3. The summed E-state index contributed by atoms with van der Waals surface area (Å²) in [5.41, 5.74) is 5.63. The third-order valence-corrected chi connectivity index (χ3v) is 5.10. The number of rotatable bonds is 6. The van der Waals surface area contributed by atoms with Crippen LogP contribution in [0.5, 0.6) is 0 Å². The number of aliphatic hydroxyl groups is 1. The van der Waals surface area contributed by atoms with Crippen molar-refractivity contribution in [3.8, 4) is 0 Å². The van der Waals surface area contributed by atoms with Gasteiger partial charge in [0.15, 0.2) is 0 Å². The Kier molecular flexibility index (Phi) is 6.06. The zero-order valence-corrected chi connectivity index (χ0v) is 13.3. The highest BCUT2D eigenvalue weighted by molar-refractivity contribution is 7.89. The predicted octanol–water partition coefficient (Wildman–Crippen LogP) is 1.20.